The molecule has 12 heavy (non-hydrogen) atoms. The minimum atomic E-state index is -0.924. The van der Waals surface area contributed by atoms with Crippen LogP contribution in [0, 0.1) is 18.6 Å². The van der Waals surface area contributed by atoms with E-state index in [1.165, 1.54) is 6.92 Å². The number of halogens is 3. The van der Waals surface area contributed by atoms with Crippen molar-refractivity contribution in [1.29, 1.82) is 0 Å². The van der Waals surface area contributed by atoms with E-state index in [1.807, 2.05) is 0 Å². The molecule has 0 unspecified atom stereocenters. The highest BCUT2D eigenvalue weighted by atomic mass is 35.5. The van der Waals surface area contributed by atoms with Crippen LogP contribution in [-0.4, -0.2) is 5.24 Å². The summed E-state index contributed by atoms with van der Waals surface area (Å²) < 4.78 is 25.3. The lowest BCUT2D eigenvalue weighted by Gasteiger charge is -2.01. The van der Waals surface area contributed by atoms with Crippen LogP contribution in [0.2, 0.25) is 0 Å². The number of aryl methyl sites for hydroxylation is 1. The normalized spacial score (nSPS) is 10.0. The van der Waals surface area contributed by atoms with Crippen molar-refractivity contribution < 1.29 is 13.6 Å². The van der Waals surface area contributed by atoms with Gasteiger partial charge in [-0.15, -0.1) is 0 Å². The second kappa shape index (κ2) is 3.19. The van der Waals surface area contributed by atoms with E-state index in [9.17, 15) is 13.6 Å². The van der Waals surface area contributed by atoms with Crippen LogP contribution in [0.15, 0.2) is 12.1 Å². The Morgan fingerprint density at radius 2 is 2.00 bits per heavy atom. The third-order valence-electron chi connectivity index (χ3n) is 1.45. The van der Waals surface area contributed by atoms with Gasteiger partial charge in [-0.05, 0) is 30.2 Å². The second-order valence-corrected chi connectivity index (χ2v) is 2.70. The van der Waals surface area contributed by atoms with Gasteiger partial charge in [0.15, 0.2) is 0 Å². The number of benzene rings is 1. The van der Waals surface area contributed by atoms with Gasteiger partial charge in [-0.1, -0.05) is 0 Å². The average Bonchev–Trinajstić information content (AvgIpc) is 1.82. The van der Waals surface area contributed by atoms with Gasteiger partial charge in [-0.2, -0.15) is 0 Å². The number of carbonyl (C=O) groups excluding carboxylic acids is 1. The van der Waals surface area contributed by atoms with Gasteiger partial charge >= 0.3 is 0 Å². The maximum Gasteiger partial charge on any atom is 0.255 e. The summed E-state index contributed by atoms with van der Waals surface area (Å²) in [6.45, 7) is 1.42. The van der Waals surface area contributed by atoms with E-state index in [2.05, 4.69) is 0 Å². The van der Waals surface area contributed by atoms with Gasteiger partial charge in [0.2, 0.25) is 0 Å². The zero-order valence-electron chi connectivity index (χ0n) is 6.20. The highest BCUT2D eigenvalue weighted by Gasteiger charge is 2.13. The first-order valence-electron chi connectivity index (χ1n) is 3.18. The lowest BCUT2D eigenvalue weighted by Crippen LogP contribution is -1.99. The summed E-state index contributed by atoms with van der Waals surface area (Å²) in [5.41, 5.74) is -0.0643. The van der Waals surface area contributed by atoms with E-state index in [0.29, 0.717) is 6.07 Å². The number of carbonyl (C=O) groups is 1. The molecule has 0 aromatic heterocycles. The Hall–Kier alpha value is -0.960. The molecule has 0 aliphatic rings. The third-order valence-corrected chi connectivity index (χ3v) is 1.64. The molecule has 1 rings (SSSR count). The molecule has 0 aliphatic heterocycles. The summed E-state index contributed by atoms with van der Waals surface area (Å²) in [5.74, 6) is -1.64. The molecule has 4 heteroatoms. The quantitative estimate of drug-likeness (QED) is 0.623. The van der Waals surface area contributed by atoms with E-state index in [4.69, 9.17) is 11.6 Å². The van der Waals surface area contributed by atoms with Crippen LogP contribution in [0.5, 0.6) is 0 Å². The first-order valence-corrected chi connectivity index (χ1v) is 3.55. The van der Waals surface area contributed by atoms with Crippen LogP contribution in [0.25, 0.3) is 0 Å². The molecule has 0 saturated heterocycles. The molecule has 0 aliphatic carbocycles. The van der Waals surface area contributed by atoms with Crippen molar-refractivity contribution in [2.24, 2.45) is 0 Å². The van der Waals surface area contributed by atoms with E-state index in [-0.39, 0.29) is 11.1 Å². The van der Waals surface area contributed by atoms with E-state index >= 15 is 0 Å². The van der Waals surface area contributed by atoms with Crippen LogP contribution < -0.4 is 0 Å². The topological polar surface area (TPSA) is 17.1 Å². The van der Waals surface area contributed by atoms with Crippen LogP contribution in [0.1, 0.15) is 15.9 Å². The van der Waals surface area contributed by atoms with Crippen molar-refractivity contribution >= 4 is 16.8 Å². The van der Waals surface area contributed by atoms with Gasteiger partial charge in [0, 0.05) is 6.07 Å². The molecular formula is C8H5ClF2O. The van der Waals surface area contributed by atoms with Gasteiger partial charge < -0.3 is 0 Å². The maximum atomic E-state index is 12.8. The van der Waals surface area contributed by atoms with Crippen molar-refractivity contribution in [3.63, 3.8) is 0 Å². The lowest BCUT2D eigenvalue weighted by molar-refractivity contribution is 0.107. The molecule has 0 fully saturated rings. The second-order valence-electron chi connectivity index (χ2n) is 2.35. The SMILES string of the molecule is Cc1cc(F)cc(F)c1C(=O)Cl. The Kier molecular flexibility index (Phi) is 2.43. The molecule has 1 aromatic carbocycles. The molecule has 0 N–H and O–H groups in total. The first-order chi connectivity index (χ1) is 5.52. The Morgan fingerprint density at radius 1 is 1.42 bits per heavy atom. The highest BCUT2D eigenvalue weighted by molar-refractivity contribution is 6.67. The average molecular weight is 191 g/mol. The fraction of sp³-hybridized carbons (Fsp3) is 0.125. The van der Waals surface area contributed by atoms with Crippen LogP contribution in [-0.2, 0) is 0 Å². The third kappa shape index (κ3) is 1.61. The summed E-state index contributed by atoms with van der Waals surface area (Å²) in [6.07, 6.45) is 0. The standard InChI is InChI=1S/C8H5ClF2O/c1-4-2-5(10)3-6(11)7(4)8(9)12/h2-3H,1H3. The maximum absolute atomic E-state index is 12.8. The van der Waals surface area contributed by atoms with E-state index in [0.717, 1.165) is 6.07 Å². The van der Waals surface area contributed by atoms with E-state index < -0.39 is 16.9 Å². The fourth-order valence-electron chi connectivity index (χ4n) is 0.951. The summed E-state index contributed by atoms with van der Waals surface area (Å²) in [5, 5.41) is -0.912. The predicted molar refractivity (Wildman–Crippen MR) is 41.3 cm³/mol. The Bertz CT molecular complexity index is 313. The Labute approximate surface area is 73.0 Å². The molecule has 0 atom stereocenters. The first kappa shape index (κ1) is 9.13. The van der Waals surface area contributed by atoms with Crippen LogP contribution >= 0.6 is 11.6 Å². The van der Waals surface area contributed by atoms with Crippen molar-refractivity contribution in [3.8, 4) is 0 Å². The molecular weight excluding hydrogens is 186 g/mol. The molecule has 0 radical (unpaired) electrons. The molecule has 1 aromatic rings. The zero-order chi connectivity index (χ0) is 9.30. The molecule has 0 heterocycles. The summed E-state index contributed by atoms with van der Waals surface area (Å²) in [7, 11) is 0. The van der Waals surface area contributed by atoms with Gasteiger partial charge in [-0.25, -0.2) is 8.78 Å². The largest absolute Gasteiger partial charge is 0.275 e. The zero-order valence-corrected chi connectivity index (χ0v) is 6.95. The van der Waals surface area contributed by atoms with Gasteiger partial charge in [0.05, 0.1) is 5.56 Å². The highest BCUT2D eigenvalue weighted by Crippen LogP contribution is 2.16. The van der Waals surface area contributed by atoms with Crippen molar-refractivity contribution in [2.75, 3.05) is 0 Å². The molecule has 0 saturated carbocycles. The summed E-state index contributed by atoms with van der Waals surface area (Å²) >= 11 is 5.06. The number of hydrogen-bond donors (Lipinski definition) is 0. The Balaban J connectivity index is 3.38. The minimum absolute atomic E-state index is 0.201. The van der Waals surface area contributed by atoms with Crippen molar-refractivity contribution in [2.45, 2.75) is 6.92 Å². The lowest BCUT2D eigenvalue weighted by atomic mass is 10.1. The van der Waals surface area contributed by atoms with Gasteiger partial charge in [0.25, 0.3) is 5.24 Å². The molecule has 0 amide bonds. The molecule has 0 bridgehead atoms. The minimum Gasteiger partial charge on any atom is -0.275 e. The molecule has 64 valence electrons. The van der Waals surface area contributed by atoms with Crippen molar-refractivity contribution in [1.82, 2.24) is 0 Å². The van der Waals surface area contributed by atoms with Gasteiger partial charge in [-0.3, -0.25) is 4.79 Å². The van der Waals surface area contributed by atoms with Gasteiger partial charge in [0.1, 0.15) is 11.6 Å². The predicted octanol–water partition coefficient (Wildman–Crippen LogP) is 2.65. The van der Waals surface area contributed by atoms with E-state index in [1.54, 1.807) is 0 Å². The summed E-state index contributed by atoms with van der Waals surface area (Å²) in [4.78, 5) is 10.6. The van der Waals surface area contributed by atoms with Crippen LogP contribution in [0.4, 0.5) is 8.78 Å². The summed E-state index contributed by atoms with van der Waals surface area (Å²) in [6, 6.07) is 1.68. The molecule has 1 nitrogen and oxygen atoms in total. The smallest absolute Gasteiger partial charge is 0.255 e. The number of hydrogen-bond acceptors (Lipinski definition) is 1. The Morgan fingerprint density at radius 3 is 2.42 bits per heavy atom. The monoisotopic (exact) mass is 190 g/mol. The fourth-order valence-corrected chi connectivity index (χ4v) is 1.19. The van der Waals surface area contributed by atoms with Crippen LogP contribution in [0.3, 0.4) is 0 Å². The van der Waals surface area contributed by atoms with Crippen molar-refractivity contribution in [3.05, 3.63) is 34.9 Å². The molecule has 0 spiro atoms. The number of rotatable bonds is 1.